The number of anilines is 2. The second kappa shape index (κ2) is 8.71. The fourth-order valence-corrected chi connectivity index (χ4v) is 6.23. The van der Waals surface area contributed by atoms with Crippen LogP contribution >= 0.6 is 22.9 Å². The molecule has 1 fully saturated rings. The van der Waals surface area contributed by atoms with Gasteiger partial charge in [0.25, 0.3) is 5.91 Å². The van der Waals surface area contributed by atoms with Crippen LogP contribution in [0.2, 0.25) is 5.02 Å². The minimum Gasteiger partial charge on any atom is -0.381 e. The van der Waals surface area contributed by atoms with Gasteiger partial charge in [0.15, 0.2) is 0 Å². The van der Waals surface area contributed by atoms with E-state index < -0.39 is 5.54 Å². The van der Waals surface area contributed by atoms with Crippen LogP contribution in [0.25, 0.3) is 10.7 Å². The number of thiazole rings is 1. The molecule has 35 heavy (non-hydrogen) atoms. The van der Waals surface area contributed by atoms with E-state index in [1.165, 1.54) is 11.3 Å². The zero-order chi connectivity index (χ0) is 24.0. The average Bonchev–Trinajstić information content (AvgIpc) is 3.54. The summed E-state index contributed by atoms with van der Waals surface area (Å²) in [5.41, 5.74) is 1.73. The van der Waals surface area contributed by atoms with Crippen LogP contribution in [0.3, 0.4) is 0 Å². The molecule has 0 saturated carbocycles. The molecule has 5 heterocycles. The van der Waals surface area contributed by atoms with Gasteiger partial charge in [0, 0.05) is 44.1 Å². The molecule has 1 spiro atoms. The third kappa shape index (κ3) is 3.87. The lowest BCUT2D eigenvalue weighted by molar-refractivity contribution is -0.0166. The second-order valence-electron chi connectivity index (χ2n) is 8.59. The Balaban J connectivity index is 1.35. The maximum absolute atomic E-state index is 13.7. The molecule has 6 rings (SSSR count). The molecule has 0 aliphatic carbocycles. The van der Waals surface area contributed by atoms with Gasteiger partial charge >= 0.3 is 0 Å². The largest absolute Gasteiger partial charge is 0.381 e. The summed E-state index contributed by atoms with van der Waals surface area (Å²) in [6, 6.07) is 11.3. The van der Waals surface area contributed by atoms with Crippen molar-refractivity contribution in [3.63, 3.8) is 0 Å². The summed E-state index contributed by atoms with van der Waals surface area (Å²) in [5, 5.41) is 8.68. The number of aryl methyl sites for hydroxylation is 1. The van der Waals surface area contributed by atoms with E-state index >= 15 is 0 Å². The molecular weight excluding hydrogens is 486 g/mol. The molecule has 3 aromatic heterocycles. The van der Waals surface area contributed by atoms with Crippen LogP contribution in [0.5, 0.6) is 0 Å². The summed E-state index contributed by atoms with van der Waals surface area (Å²) in [4.78, 5) is 30.4. The number of ether oxygens (including phenoxy) is 1. The molecule has 11 heteroatoms. The summed E-state index contributed by atoms with van der Waals surface area (Å²) >= 11 is 7.74. The van der Waals surface area contributed by atoms with E-state index in [4.69, 9.17) is 21.3 Å². The molecular formula is C24H22ClN7O2S. The Morgan fingerprint density at radius 3 is 2.80 bits per heavy atom. The SMILES string of the molecule is Cn1nccc1Nc1nccc(-c2nc3c(s2)C2(CCOCC2)N(Cc2cccc(Cl)c2)C3=O)n1. The lowest BCUT2D eigenvalue weighted by Gasteiger charge is -2.41. The first-order valence-electron chi connectivity index (χ1n) is 11.3. The van der Waals surface area contributed by atoms with Crippen LogP contribution < -0.4 is 5.32 Å². The maximum Gasteiger partial charge on any atom is 0.274 e. The van der Waals surface area contributed by atoms with Gasteiger partial charge in [0.1, 0.15) is 22.2 Å². The van der Waals surface area contributed by atoms with Gasteiger partial charge in [0.05, 0.1) is 16.6 Å². The Morgan fingerprint density at radius 2 is 2.03 bits per heavy atom. The van der Waals surface area contributed by atoms with Crippen molar-refractivity contribution in [1.82, 2.24) is 29.6 Å². The first-order valence-corrected chi connectivity index (χ1v) is 12.5. The highest BCUT2D eigenvalue weighted by Gasteiger charge is 2.53. The number of aromatic nitrogens is 5. The molecule has 1 aromatic carbocycles. The minimum absolute atomic E-state index is 0.0633. The van der Waals surface area contributed by atoms with Gasteiger partial charge in [-0.05, 0) is 36.6 Å². The van der Waals surface area contributed by atoms with Crippen molar-refractivity contribution in [1.29, 1.82) is 0 Å². The molecule has 4 aromatic rings. The van der Waals surface area contributed by atoms with E-state index in [2.05, 4.69) is 20.4 Å². The molecule has 9 nitrogen and oxygen atoms in total. The highest BCUT2D eigenvalue weighted by molar-refractivity contribution is 7.15. The first-order chi connectivity index (χ1) is 17.0. The van der Waals surface area contributed by atoms with Crippen molar-refractivity contribution in [3.05, 3.63) is 69.9 Å². The predicted octanol–water partition coefficient (Wildman–Crippen LogP) is 4.39. The van der Waals surface area contributed by atoms with E-state index in [9.17, 15) is 4.79 Å². The summed E-state index contributed by atoms with van der Waals surface area (Å²) in [7, 11) is 1.84. The monoisotopic (exact) mass is 507 g/mol. The van der Waals surface area contributed by atoms with Crippen molar-refractivity contribution in [2.45, 2.75) is 24.9 Å². The number of nitrogens with zero attached hydrogens (tertiary/aromatic N) is 6. The lowest BCUT2D eigenvalue weighted by Crippen LogP contribution is -2.47. The average molecular weight is 508 g/mol. The van der Waals surface area contributed by atoms with Gasteiger partial charge < -0.3 is 15.0 Å². The van der Waals surface area contributed by atoms with Crippen molar-refractivity contribution < 1.29 is 9.53 Å². The molecule has 2 aliphatic rings. The summed E-state index contributed by atoms with van der Waals surface area (Å²) < 4.78 is 7.38. The second-order valence-corrected chi connectivity index (χ2v) is 10.0. The summed E-state index contributed by atoms with van der Waals surface area (Å²) in [5.74, 6) is 1.15. The first kappa shape index (κ1) is 22.1. The van der Waals surface area contributed by atoms with Crippen LogP contribution in [0, 0.1) is 0 Å². The van der Waals surface area contributed by atoms with Crippen molar-refractivity contribution >= 4 is 40.6 Å². The predicted molar refractivity (Wildman–Crippen MR) is 133 cm³/mol. The zero-order valence-corrected chi connectivity index (χ0v) is 20.5. The minimum atomic E-state index is -0.439. The molecule has 1 saturated heterocycles. The maximum atomic E-state index is 13.7. The van der Waals surface area contributed by atoms with Gasteiger partial charge in [-0.2, -0.15) is 5.10 Å². The van der Waals surface area contributed by atoms with Crippen molar-refractivity contribution in [3.8, 4) is 10.7 Å². The number of benzene rings is 1. The summed E-state index contributed by atoms with van der Waals surface area (Å²) in [6.45, 7) is 1.67. The third-order valence-corrected chi connectivity index (χ3v) is 8.01. The lowest BCUT2D eigenvalue weighted by atomic mass is 9.88. The molecule has 0 radical (unpaired) electrons. The number of halogens is 1. The molecule has 0 bridgehead atoms. The number of hydrogen-bond acceptors (Lipinski definition) is 8. The van der Waals surface area contributed by atoms with Crippen LogP contribution in [-0.2, 0) is 23.9 Å². The van der Waals surface area contributed by atoms with Gasteiger partial charge in [-0.25, -0.2) is 15.0 Å². The van der Waals surface area contributed by atoms with Crippen LogP contribution in [0.1, 0.15) is 33.8 Å². The number of nitrogens with one attached hydrogen (secondary N) is 1. The van der Waals surface area contributed by atoms with Crippen molar-refractivity contribution in [2.75, 3.05) is 18.5 Å². The molecule has 0 atom stereocenters. The van der Waals surface area contributed by atoms with E-state index in [-0.39, 0.29) is 5.91 Å². The van der Waals surface area contributed by atoms with Crippen LogP contribution in [0.15, 0.2) is 48.8 Å². The number of carbonyl (C=O) groups is 1. The van der Waals surface area contributed by atoms with Crippen LogP contribution in [-0.4, -0.2) is 48.8 Å². The highest BCUT2D eigenvalue weighted by Crippen LogP contribution is 2.50. The Labute approximate surface area is 210 Å². The smallest absolute Gasteiger partial charge is 0.274 e. The molecule has 178 valence electrons. The third-order valence-electron chi connectivity index (χ3n) is 6.50. The van der Waals surface area contributed by atoms with Gasteiger partial charge in [-0.3, -0.25) is 9.48 Å². The number of hydrogen-bond donors (Lipinski definition) is 1. The topological polar surface area (TPSA) is 98.1 Å². The Bertz CT molecular complexity index is 1410. The molecule has 1 amide bonds. The Morgan fingerprint density at radius 1 is 1.17 bits per heavy atom. The highest BCUT2D eigenvalue weighted by atomic mass is 35.5. The van der Waals surface area contributed by atoms with Gasteiger partial charge in [0.2, 0.25) is 5.95 Å². The van der Waals surface area contributed by atoms with E-state index in [1.54, 1.807) is 17.1 Å². The van der Waals surface area contributed by atoms with E-state index in [1.807, 2.05) is 48.3 Å². The number of carbonyl (C=O) groups excluding carboxylic acids is 1. The quantitative estimate of drug-likeness (QED) is 0.427. The zero-order valence-electron chi connectivity index (χ0n) is 18.9. The van der Waals surface area contributed by atoms with E-state index in [0.717, 1.165) is 29.1 Å². The Hall–Kier alpha value is -3.34. The molecule has 1 N–H and O–H groups in total. The van der Waals surface area contributed by atoms with Crippen molar-refractivity contribution in [2.24, 2.45) is 7.05 Å². The molecule has 0 unspecified atom stereocenters. The fraction of sp³-hybridized carbons (Fsp3) is 0.292. The Kier molecular flexibility index (Phi) is 5.51. The van der Waals surface area contributed by atoms with Gasteiger partial charge in [-0.15, -0.1) is 11.3 Å². The standard InChI is InChI=1S/C24H22ClN7O2S/c1-31-18(6-10-27-31)29-23-26-9-5-17(28-23)21-30-19-20(35-21)24(7-11-34-12-8-24)32(22(19)33)14-15-3-2-4-16(25)13-15/h2-6,9-10,13H,7-8,11-12,14H2,1H3,(H,26,28,29). The number of rotatable bonds is 5. The number of amides is 1. The number of fused-ring (bicyclic) bond motifs is 2. The fourth-order valence-electron chi connectivity index (χ4n) is 4.73. The van der Waals surface area contributed by atoms with E-state index in [0.29, 0.717) is 47.1 Å². The van der Waals surface area contributed by atoms with Crippen LogP contribution in [0.4, 0.5) is 11.8 Å². The summed E-state index contributed by atoms with van der Waals surface area (Å²) in [6.07, 6.45) is 4.84. The normalized spacial score (nSPS) is 16.6. The molecule has 2 aliphatic heterocycles. The van der Waals surface area contributed by atoms with Gasteiger partial charge in [-0.1, -0.05) is 23.7 Å².